The molecule has 0 unspecified atom stereocenters. The second-order valence-corrected chi connectivity index (χ2v) is 6.05. The SMILES string of the molecule is CC(C)CNC1(C#N)CCC(C(C)C)CC1. The van der Waals surface area contributed by atoms with Crippen LogP contribution in [0.1, 0.15) is 53.4 Å². The third kappa shape index (κ3) is 3.49. The Kier molecular flexibility index (Phi) is 4.80. The standard InChI is InChI=1S/C14H26N2/c1-11(2)9-16-14(10-15)7-5-13(6-8-14)12(3)4/h11-13,16H,5-9H2,1-4H3. The van der Waals surface area contributed by atoms with Crippen LogP contribution < -0.4 is 5.32 Å². The Morgan fingerprint density at radius 3 is 2.19 bits per heavy atom. The number of hydrogen-bond acceptors (Lipinski definition) is 2. The molecule has 1 rings (SSSR count). The van der Waals surface area contributed by atoms with E-state index in [1.807, 2.05) is 0 Å². The lowest BCUT2D eigenvalue weighted by atomic mass is 9.73. The lowest BCUT2D eigenvalue weighted by Gasteiger charge is -2.37. The van der Waals surface area contributed by atoms with E-state index in [1.54, 1.807) is 0 Å². The molecule has 1 N–H and O–H groups in total. The summed E-state index contributed by atoms with van der Waals surface area (Å²) in [4.78, 5) is 0. The summed E-state index contributed by atoms with van der Waals surface area (Å²) < 4.78 is 0. The fraction of sp³-hybridized carbons (Fsp3) is 0.929. The number of nitrogens with one attached hydrogen (secondary N) is 1. The molecule has 0 heterocycles. The first-order chi connectivity index (χ1) is 7.49. The predicted octanol–water partition coefficient (Wildman–Crippen LogP) is 3.34. The molecule has 0 amide bonds. The highest BCUT2D eigenvalue weighted by Crippen LogP contribution is 2.35. The van der Waals surface area contributed by atoms with Crippen molar-refractivity contribution < 1.29 is 0 Å². The minimum atomic E-state index is -0.227. The van der Waals surface area contributed by atoms with Crippen LogP contribution >= 0.6 is 0 Å². The monoisotopic (exact) mass is 222 g/mol. The number of nitriles is 1. The third-order valence-electron chi connectivity index (χ3n) is 3.89. The van der Waals surface area contributed by atoms with E-state index >= 15 is 0 Å². The molecule has 0 atom stereocenters. The summed E-state index contributed by atoms with van der Waals surface area (Å²) in [5, 5.41) is 12.8. The summed E-state index contributed by atoms with van der Waals surface area (Å²) in [6.45, 7) is 9.94. The largest absolute Gasteiger partial charge is 0.299 e. The summed E-state index contributed by atoms with van der Waals surface area (Å²) in [6, 6.07) is 2.52. The fourth-order valence-corrected chi connectivity index (χ4v) is 2.53. The van der Waals surface area contributed by atoms with Crippen LogP contribution in [-0.2, 0) is 0 Å². The molecular formula is C14H26N2. The minimum Gasteiger partial charge on any atom is -0.299 e. The Morgan fingerprint density at radius 2 is 1.81 bits per heavy atom. The fourth-order valence-electron chi connectivity index (χ4n) is 2.53. The van der Waals surface area contributed by atoms with Gasteiger partial charge in [0, 0.05) is 0 Å². The van der Waals surface area contributed by atoms with Crippen LogP contribution in [0.4, 0.5) is 0 Å². The summed E-state index contributed by atoms with van der Waals surface area (Å²) in [7, 11) is 0. The van der Waals surface area contributed by atoms with E-state index in [0.29, 0.717) is 5.92 Å². The lowest BCUT2D eigenvalue weighted by Crippen LogP contribution is -2.48. The molecule has 92 valence electrons. The van der Waals surface area contributed by atoms with Gasteiger partial charge >= 0.3 is 0 Å². The van der Waals surface area contributed by atoms with E-state index in [9.17, 15) is 5.26 Å². The lowest BCUT2D eigenvalue weighted by molar-refractivity contribution is 0.196. The Labute approximate surface area is 100 Å². The summed E-state index contributed by atoms with van der Waals surface area (Å²) in [6.07, 6.45) is 4.46. The van der Waals surface area contributed by atoms with Gasteiger partial charge in [-0.2, -0.15) is 5.26 Å². The maximum atomic E-state index is 9.37. The van der Waals surface area contributed by atoms with Gasteiger partial charge in [-0.05, 0) is 50.0 Å². The molecule has 1 aliphatic rings. The predicted molar refractivity (Wildman–Crippen MR) is 68.0 cm³/mol. The highest BCUT2D eigenvalue weighted by atomic mass is 15.0. The Balaban J connectivity index is 2.49. The van der Waals surface area contributed by atoms with E-state index in [-0.39, 0.29) is 5.54 Å². The summed E-state index contributed by atoms with van der Waals surface area (Å²) in [5.74, 6) is 2.21. The van der Waals surface area contributed by atoms with Crippen molar-refractivity contribution in [1.82, 2.24) is 5.32 Å². The smallest absolute Gasteiger partial charge is 0.106 e. The number of rotatable bonds is 4. The normalized spacial score (nSPS) is 30.7. The van der Waals surface area contributed by atoms with Gasteiger partial charge in [-0.15, -0.1) is 0 Å². The van der Waals surface area contributed by atoms with Gasteiger partial charge in [-0.25, -0.2) is 0 Å². The van der Waals surface area contributed by atoms with Crippen molar-refractivity contribution in [1.29, 1.82) is 5.26 Å². The molecule has 2 heteroatoms. The van der Waals surface area contributed by atoms with Crippen molar-refractivity contribution in [3.8, 4) is 6.07 Å². The second-order valence-electron chi connectivity index (χ2n) is 6.05. The molecule has 16 heavy (non-hydrogen) atoms. The zero-order chi connectivity index (χ0) is 12.2. The van der Waals surface area contributed by atoms with Crippen LogP contribution in [-0.4, -0.2) is 12.1 Å². The van der Waals surface area contributed by atoms with Crippen molar-refractivity contribution in [2.24, 2.45) is 17.8 Å². The van der Waals surface area contributed by atoms with Crippen molar-refractivity contribution in [2.75, 3.05) is 6.54 Å². The van der Waals surface area contributed by atoms with Crippen molar-refractivity contribution in [3.05, 3.63) is 0 Å². The highest BCUT2D eigenvalue weighted by Gasteiger charge is 2.35. The van der Waals surface area contributed by atoms with Crippen LogP contribution in [0.2, 0.25) is 0 Å². The molecule has 1 fully saturated rings. The molecule has 0 aromatic carbocycles. The molecular weight excluding hydrogens is 196 g/mol. The van der Waals surface area contributed by atoms with Crippen molar-refractivity contribution in [2.45, 2.75) is 58.9 Å². The van der Waals surface area contributed by atoms with E-state index in [1.165, 1.54) is 12.8 Å². The average Bonchev–Trinajstić information content (AvgIpc) is 2.27. The summed E-state index contributed by atoms with van der Waals surface area (Å²) in [5.41, 5.74) is -0.227. The molecule has 0 bridgehead atoms. The molecule has 2 nitrogen and oxygen atoms in total. The second kappa shape index (κ2) is 5.68. The molecule has 0 aliphatic heterocycles. The van der Waals surface area contributed by atoms with Crippen LogP contribution in [0.15, 0.2) is 0 Å². The van der Waals surface area contributed by atoms with E-state index < -0.39 is 0 Å². The van der Waals surface area contributed by atoms with Gasteiger partial charge in [-0.3, -0.25) is 5.32 Å². The summed E-state index contributed by atoms with van der Waals surface area (Å²) >= 11 is 0. The topological polar surface area (TPSA) is 35.8 Å². The van der Waals surface area contributed by atoms with Crippen LogP contribution in [0.25, 0.3) is 0 Å². The van der Waals surface area contributed by atoms with E-state index in [0.717, 1.165) is 31.2 Å². The Bertz CT molecular complexity index is 242. The van der Waals surface area contributed by atoms with Crippen LogP contribution in [0.5, 0.6) is 0 Å². The van der Waals surface area contributed by atoms with Crippen molar-refractivity contribution in [3.63, 3.8) is 0 Å². The highest BCUT2D eigenvalue weighted by molar-refractivity contribution is 5.09. The molecule has 0 saturated heterocycles. The zero-order valence-corrected chi connectivity index (χ0v) is 11.2. The van der Waals surface area contributed by atoms with Gasteiger partial charge in [-0.1, -0.05) is 27.7 Å². The first-order valence-corrected chi connectivity index (χ1v) is 6.65. The average molecular weight is 222 g/mol. The quantitative estimate of drug-likeness (QED) is 0.792. The molecule has 0 aromatic heterocycles. The Morgan fingerprint density at radius 1 is 1.25 bits per heavy atom. The molecule has 0 aromatic rings. The van der Waals surface area contributed by atoms with Gasteiger partial charge in [0.05, 0.1) is 6.07 Å². The third-order valence-corrected chi connectivity index (χ3v) is 3.89. The first kappa shape index (κ1) is 13.5. The van der Waals surface area contributed by atoms with Crippen LogP contribution in [0.3, 0.4) is 0 Å². The Hall–Kier alpha value is -0.550. The number of nitrogens with zero attached hydrogens (tertiary/aromatic N) is 1. The van der Waals surface area contributed by atoms with Gasteiger partial charge in [0.1, 0.15) is 5.54 Å². The molecule has 1 saturated carbocycles. The molecule has 0 radical (unpaired) electrons. The maximum absolute atomic E-state index is 9.37. The van der Waals surface area contributed by atoms with Crippen LogP contribution in [0, 0.1) is 29.1 Å². The van der Waals surface area contributed by atoms with Gasteiger partial charge in [0.15, 0.2) is 0 Å². The molecule has 0 spiro atoms. The van der Waals surface area contributed by atoms with E-state index in [2.05, 4.69) is 39.1 Å². The van der Waals surface area contributed by atoms with Gasteiger partial charge in [0.25, 0.3) is 0 Å². The zero-order valence-electron chi connectivity index (χ0n) is 11.2. The number of hydrogen-bond donors (Lipinski definition) is 1. The van der Waals surface area contributed by atoms with Gasteiger partial charge < -0.3 is 0 Å². The van der Waals surface area contributed by atoms with E-state index in [4.69, 9.17) is 0 Å². The van der Waals surface area contributed by atoms with Crippen molar-refractivity contribution >= 4 is 0 Å². The molecule has 1 aliphatic carbocycles. The first-order valence-electron chi connectivity index (χ1n) is 6.65. The minimum absolute atomic E-state index is 0.227. The van der Waals surface area contributed by atoms with Gasteiger partial charge in [0.2, 0.25) is 0 Å². The maximum Gasteiger partial charge on any atom is 0.106 e.